The van der Waals surface area contributed by atoms with Crippen molar-refractivity contribution in [1.82, 2.24) is 25.1 Å². The van der Waals surface area contributed by atoms with E-state index in [-0.39, 0.29) is 17.8 Å². The molecule has 2 amide bonds. The number of rotatable bonds is 5. The summed E-state index contributed by atoms with van der Waals surface area (Å²) in [5.74, 6) is -0.524. The number of amides is 2. The number of aromatic nitrogens is 4. The van der Waals surface area contributed by atoms with Crippen molar-refractivity contribution >= 4 is 11.7 Å². The smallest absolute Gasteiger partial charge is 0.322 e. The lowest BCUT2D eigenvalue weighted by Gasteiger charge is -2.33. The standard InChI is InChI=1S/C20H21FN6O2/c21-18-9-7-16(27-14-22-24-25-27)12-19(18)23-20(28)26-10-11-29-17(13-26)8-6-15-4-2-1-3-5-15/h1-5,7,9,12,14,17H,6,8,10-11,13H2,(H,23,28). The Bertz CT molecular complexity index is 951. The van der Waals surface area contributed by atoms with Crippen LogP contribution in [-0.2, 0) is 11.2 Å². The van der Waals surface area contributed by atoms with Crippen LogP contribution in [0.15, 0.2) is 54.9 Å². The van der Waals surface area contributed by atoms with Crippen molar-refractivity contribution in [3.05, 3.63) is 66.2 Å². The summed E-state index contributed by atoms with van der Waals surface area (Å²) in [4.78, 5) is 14.3. The van der Waals surface area contributed by atoms with Gasteiger partial charge in [-0.1, -0.05) is 30.3 Å². The molecule has 1 unspecified atom stereocenters. The van der Waals surface area contributed by atoms with Gasteiger partial charge in [0.2, 0.25) is 0 Å². The number of benzene rings is 2. The maximum absolute atomic E-state index is 14.2. The number of carbonyl (C=O) groups is 1. The maximum atomic E-state index is 14.2. The number of hydrogen-bond donors (Lipinski definition) is 1. The summed E-state index contributed by atoms with van der Waals surface area (Å²) in [5.41, 5.74) is 1.86. The molecule has 2 aromatic carbocycles. The molecule has 29 heavy (non-hydrogen) atoms. The van der Waals surface area contributed by atoms with Gasteiger partial charge in [0.05, 0.1) is 24.1 Å². The number of hydrogen-bond acceptors (Lipinski definition) is 5. The summed E-state index contributed by atoms with van der Waals surface area (Å²) in [5, 5.41) is 13.5. The average molecular weight is 396 g/mol. The second kappa shape index (κ2) is 8.78. The predicted octanol–water partition coefficient (Wildman–Crippen LogP) is 2.67. The fourth-order valence-electron chi connectivity index (χ4n) is 3.28. The van der Waals surface area contributed by atoms with E-state index in [1.165, 1.54) is 34.8 Å². The number of carbonyl (C=O) groups excluding carboxylic acids is 1. The van der Waals surface area contributed by atoms with Gasteiger partial charge in [0.25, 0.3) is 0 Å². The Hall–Kier alpha value is -3.33. The van der Waals surface area contributed by atoms with Crippen LogP contribution in [0, 0.1) is 5.82 Å². The molecule has 150 valence electrons. The van der Waals surface area contributed by atoms with Gasteiger partial charge in [-0.3, -0.25) is 0 Å². The summed E-state index contributed by atoms with van der Waals surface area (Å²) in [6.45, 7) is 1.38. The fraction of sp³-hybridized carbons (Fsp3) is 0.300. The number of nitrogens with zero attached hydrogens (tertiary/aromatic N) is 5. The van der Waals surface area contributed by atoms with Crippen LogP contribution >= 0.6 is 0 Å². The highest BCUT2D eigenvalue weighted by Crippen LogP contribution is 2.20. The van der Waals surface area contributed by atoms with E-state index < -0.39 is 5.82 Å². The quantitative estimate of drug-likeness (QED) is 0.717. The molecule has 8 nitrogen and oxygen atoms in total. The van der Waals surface area contributed by atoms with E-state index in [1.54, 1.807) is 4.90 Å². The van der Waals surface area contributed by atoms with Gasteiger partial charge in [-0.05, 0) is 47.0 Å². The first-order valence-electron chi connectivity index (χ1n) is 9.43. The zero-order valence-corrected chi connectivity index (χ0v) is 15.7. The highest BCUT2D eigenvalue weighted by atomic mass is 19.1. The van der Waals surface area contributed by atoms with Crippen molar-refractivity contribution in [2.24, 2.45) is 0 Å². The van der Waals surface area contributed by atoms with Gasteiger partial charge in [-0.15, -0.1) is 5.10 Å². The lowest BCUT2D eigenvalue weighted by Crippen LogP contribution is -2.47. The Morgan fingerprint density at radius 3 is 2.90 bits per heavy atom. The van der Waals surface area contributed by atoms with Crippen LogP contribution in [0.5, 0.6) is 0 Å². The van der Waals surface area contributed by atoms with Crippen LogP contribution in [0.25, 0.3) is 5.69 Å². The average Bonchev–Trinajstić information content (AvgIpc) is 3.30. The molecule has 1 saturated heterocycles. The zero-order chi connectivity index (χ0) is 20.1. The first-order valence-corrected chi connectivity index (χ1v) is 9.43. The van der Waals surface area contributed by atoms with Gasteiger partial charge >= 0.3 is 6.03 Å². The second-order valence-electron chi connectivity index (χ2n) is 6.81. The predicted molar refractivity (Wildman–Crippen MR) is 104 cm³/mol. The number of aryl methyl sites for hydroxylation is 1. The molecule has 1 aromatic heterocycles. The third-order valence-corrected chi connectivity index (χ3v) is 4.83. The van der Waals surface area contributed by atoms with Crippen molar-refractivity contribution in [3.8, 4) is 5.69 Å². The topological polar surface area (TPSA) is 85.2 Å². The highest BCUT2D eigenvalue weighted by Gasteiger charge is 2.24. The number of anilines is 1. The summed E-state index contributed by atoms with van der Waals surface area (Å²) < 4.78 is 21.4. The second-order valence-corrected chi connectivity index (χ2v) is 6.81. The third-order valence-electron chi connectivity index (χ3n) is 4.83. The van der Waals surface area contributed by atoms with Crippen molar-refractivity contribution in [1.29, 1.82) is 0 Å². The van der Waals surface area contributed by atoms with Gasteiger partial charge in [-0.25, -0.2) is 13.9 Å². The number of nitrogens with one attached hydrogen (secondary N) is 1. The Labute approximate surface area is 167 Å². The fourth-order valence-corrected chi connectivity index (χ4v) is 3.28. The van der Waals surface area contributed by atoms with E-state index in [0.29, 0.717) is 25.4 Å². The summed E-state index contributed by atoms with van der Waals surface area (Å²) in [6.07, 6.45) is 3.05. The maximum Gasteiger partial charge on any atom is 0.322 e. The highest BCUT2D eigenvalue weighted by molar-refractivity contribution is 5.89. The molecule has 9 heteroatoms. The summed E-state index contributed by atoms with van der Waals surface area (Å²) >= 11 is 0. The monoisotopic (exact) mass is 396 g/mol. The third kappa shape index (κ3) is 4.75. The van der Waals surface area contributed by atoms with Gasteiger partial charge < -0.3 is 15.0 Å². The van der Waals surface area contributed by atoms with Crippen LogP contribution in [0.2, 0.25) is 0 Å². The Morgan fingerprint density at radius 2 is 2.10 bits per heavy atom. The van der Waals surface area contributed by atoms with Crippen LogP contribution in [0.4, 0.5) is 14.9 Å². The number of morpholine rings is 1. The van der Waals surface area contributed by atoms with Crippen molar-refractivity contribution in [3.63, 3.8) is 0 Å². The van der Waals surface area contributed by atoms with E-state index in [4.69, 9.17) is 4.74 Å². The minimum absolute atomic E-state index is 0.0490. The van der Waals surface area contributed by atoms with E-state index in [1.807, 2.05) is 18.2 Å². The molecule has 0 radical (unpaired) electrons. The molecular formula is C20H21FN6O2. The van der Waals surface area contributed by atoms with Gasteiger partial charge in [0.15, 0.2) is 0 Å². The number of tetrazole rings is 1. The van der Waals surface area contributed by atoms with Crippen LogP contribution < -0.4 is 5.32 Å². The number of urea groups is 1. The van der Waals surface area contributed by atoms with Crippen molar-refractivity contribution < 1.29 is 13.9 Å². The van der Waals surface area contributed by atoms with E-state index in [0.717, 1.165) is 12.8 Å². The van der Waals surface area contributed by atoms with E-state index >= 15 is 0 Å². The Balaban J connectivity index is 1.37. The SMILES string of the molecule is O=C(Nc1cc(-n2cnnn2)ccc1F)N1CCOC(CCc2ccccc2)C1. The summed E-state index contributed by atoms with van der Waals surface area (Å²) in [7, 11) is 0. The largest absolute Gasteiger partial charge is 0.375 e. The Kier molecular flexibility index (Phi) is 5.76. The molecule has 2 heterocycles. The lowest BCUT2D eigenvalue weighted by molar-refractivity contribution is -0.0157. The molecule has 0 aliphatic carbocycles. The van der Waals surface area contributed by atoms with E-state index in [2.05, 4.69) is 33.0 Å². The van der Waals surface area contributed by atoms with Crippen molar-refractivity contribution in [2.45, 2.75) is 18.9 Å². The molecular weight excluding hydrogens is 375 g/mol. The minimum atomic E-state index is -0.524. The van der Waals surface area contributed by atoms with E-state index in [9.17, 15) is 9.18 Å². The van der Waals surface area contributed by atoms with Gasteiger partial charge in [0.1, 0.15) is 12.1 Å². The molecule has 0 spiro atoms. The molecule has 1 aliphatic heterocycles. The van der Waals surface area contributed by atoms with Gasteiger partial charge in [-0.2, -0.15) is 0 Å². The molecule has 1 fully saturated rings. The molecule has 4 rings (SSSR count). The molecule has 3 aromatic rings. The van der Waals surface area contributed by atoms with Crippen LogP contribution in [0.1, 0.15) is 12.0 Å². The van der Waals surface area contributed by atoms with Crippen molar-refractivity contribution in [2.75, 3.05) is 25.0 Å². The molecule has 0 saturated carbocycles. The van der Waals surface area contributed by atoms with Gasteiger partial charge in [0, 0.05) is 13.1 Å². The first-order chi connectivity index (χ1) is 14.2. The van der Waals surface area contributed by atoms with Crippen LogP contribution in [-0.4, -0.2) is 56.9 Å². The molecule has 1 N–H and O–H groups in total. The van der Waals surface area contributed by atoms with Crippen LogP contribution in [0.3, 0.4) is 0 Å². The molecule has 0 bridgehead atoms. The Morgan fingerprint density at radius 1 is 1.24 bits per heavy atom. The molecule has 1 aliphatic rings. The summed E-state index contributed by atoms with van der Waals surface area (Å²) in [6, 6.07) is 14.1. The normalized spacial score (nSPS) is 16.6. The number of halogens is 1. The number of ether oxygens (including phenoxy) is 1. The minimum Gasteiger partial charge on any atom is -0.375 e. The molecule has 1 atom stereocenters. The first kappa shape index (κ1) is 19.0. The lowest BCUT2D eigenvalue weighted by atomic mass is 10.1. The zero-order valence-electron chi connectivity index (χ0n) is 15.7.